The third kappa shape index (κ3) is 2.96. The zero-order valence-corrected chi connectivity index (χ0v) is 18.4. The topological polar surface area (TPSA) is 109 Å². The quantitative estimate of drug-likeness (QED) is 0.304. The lowest BCUT2D eigenvalue weighted by molar-refractivity contribution is 0.401. The molecule has 1 unspecified atom stereocenters. The Balaban J connectivity index is 1.86. The summed E-state index contributed by atoms with van der Waals surface area (Å²) in [7, 11) is 1.89. The van der Waals surface area contributed by atoms with Crippen LogP contribution in [0, 0.1) is 6.92 Å². The molecule has 0 saturated heterocycles. The molecular weight excluding hydrogens is 420 g/mol. The van der Waals surface area contributed by atoms with Crippen LogP contribution >= 0.6 is 0 Å². The molecule has 4 aromatic rings. The summed E-state index contributed by atoms with van der Waals surface area (Å²) in [6.07, 6.45) is 3.96. The third-order valence-corrected chi connectivity index (χ3v) is 6.61. The molecule has 168 valence electrons. The molecule has 1 aromatic heterocycles. The van der Waals surface area contributed by atoms with Crippen molar-refractivity contribution in [3.05, 3.63) is 75.8 Å². The van der Waals surface area contributed by atoms with Crippen molar-refractivity contribution in [3.63, 3.8) is 0 Å². The van der Waals surface area contributed by atoms with E-state index in [1.54, 1.807) is 12.1 Å². The number of aryl methyl sites for hydroxylation is 1. The maximum Gasteiger partial charge on any atom is 0.159 e. The summed E-state index contributed by atoms with van der Waals surface area (Å²) in [6.45, 7) is 3.81. The second-order valence-electron chi connectivity index (χ2n) is 8.68. The van der Waals surface area contributed by atoms with Crippen LogP contribution in [-0.4, -0.2) is 37.3 Å². The predicted octanol–water partition coefficient (Wildman–Crippen LogP) is 2.58. The van der Waals surface area contributed by atoms with Crippen LogP contribution in [0.5, 0.6) is 28.7 Å². The zero-order chi connectivity index (χ0) is 23.7. The Morgan fingerprint density at radius 3 is 2.18 bits per heavy atom. The van der Waals surface area contributed by atoms with Gasteiger partial charge in [-0.3, -0.25) is 4.68 Å². The van der Waals surface area contributed by atoms with Crippen LogP contribution in [-0.2, 0) is 5.54 Å². The molecule has 0 spiro atoms. The molecule has 1 aliphatic rings. The van der Waals surface area contributed by atoms with Gasteiger partial charge >= 0.3 is 0 Å². The molecule has 0 saturated carbocycles. The van der Waals surface area contributed by atoms with E-state index < -0.39 is 5.54 Å². The third-order valence-electron chi connectivity index (χ3n) is 6.61. The minimum Gasteiger partial charge on any atom is -0.508 e. The summed E-state index contributed by atoms with van der Waals surface area (Å²) >= 11 is 0. The highest BCUT2D eigenvalue weighted by Crippen LogP contribution is 2.37. The van der Waals surface area contributed by atoms with Gasteiger partial charge in [-0.25, -0.2) is 0 Å². The van der Waals surface area contributed by atoms with Crippen molar-refractivity contribution in [2.24, 2.45) is 0 Å². The molecule has 7 nitrogen and oxygen atoms in total. The van der Waals surface area contributed by atoms with E-state index in [1.165, 1.54) is 24.3 Å². The fourth-order valence-corrected chi connectivity index (χ4v) is 4.51. The van der Waals surface area contributed by atoms with Crippen molar-refractivity contribution in [1.29, 1.82) is 0 Å². The second-order valence-corrected chi connectivity index (χ2v) is 8.68. The van der Waals surface area contributed by atoms with Crippen LogP contribution in [0.4, 0.5) is 0 Å². The first-order valence-electron chi connectivity index (χ1n) is 10.5. The van der Waals surface area contributed by atoms with Crippen molar-refractivity contribution in [1.82, 2.24) is 4.68 Å². The van der Waals surface area contributed by atoms with Crippen LogP contribution in [0.15, 0.2) is 48.5 Å². The van der Waals surface area contributed by atoms with Gasteiger partial charge in [-0.15, -0.1) is 0 Å². The van der Waals surface area contributed by atoms with Crippen molar-refractivity contribution in [2.75, 3.05) is 12.1 Å². The van der Waals surface area contributed by atoms with Crippen LogP contribution in [0.25, 0.3) is 23.1 Å². The van der Waals surface area contributed by atoms with Crippen LogP contribution < -0.4 is 15.6 Å². The Hall–Kier alpha value is -4.26. The van der Waals surface area contributed by atoms with Crippen LogP contribution in [0.3, 0.4) is 0 Å². The van der Waals surface area contributed by atoms with Crippen molar-refractivity contribution < 1.29 is 25.5 Å². The minimum absolute atomic E-state index is 0.190. The number of phenolic OH excluding ortho intramolecular Hbond substituents is 5. The highest BCUT2D eigenvalue weighted by Gasteiger charge is 2.36. The fraction of sp³-hybridized carbons (Fsp3) is 0.154. The SMILES string of the molecule is Cc1ccc(/C=c2\c3n(c4cc(O)c(O)cc24)N(C)C(C)(c2ccc(O)c(O)c2)C=3)cc1O. The molecule has 5 rings (SSSR count). The molecule has 3 aromatic carbocycles. The molecule has 1 aliphatic heterocycles. The van der Waals surface area contributed by atoms with Gasteiger partial charge in [0.15, 0.2) is 23.0 Å². The number of hydrogen-bond donors (Lipinski definition) is 5. The number of fused-ring (bicyclic) bond motifs is 3. The molecule has 0 fully saturated rings. The van der Waals surface area contributed by atoms with Crippen molar-refractivity contribution >= 4 is 23.1 Å². The molecule has 2 heterocycles. The van der Waals surface area contributed by atoms with E-state index in [9.17, 15) is 25.5 Å². The molecule has 0 amide bonds. The first kappa shape index (κ1) is 20.6. The van der Waals surface area contributed by atoms with Crippen LogP contribution in [0.2, 0.25) is 0 Å². The Bertz CT molecular complexity index is 1570. The predicted molar refractivity (Wildman–Crippen MR) is 127 cm³/mol. The average Bonchev–Trinajstić information content (AvgIpc) is 3.19. The lowest BCUT2D eigenvalue weighted by Gasteiger charge is -2.35. The fourth-order valence-electron chi connectivity index (χ4n) is 4.51. The number of hydrogen-bond acceptors (Lipinski definition) is 6. The van der Waals surface area contributed by atoms with E-state index in [0.29, 0.717) is 5.52 Å². The van der Waals surface area contributed by atoms with Crippen molar-refractivity contribution in [3.8, 4) is 28.7 Å². The largest absolute Gasteiger partial charge is 0.508 e. The molecule has 1 atom stereocenters. The highest BCUT2D eigenvalue weighted by molar-refractivity contribution is 5.88. The first-order chi connectivity index (χ1) is 15.6. The van der Waals surface area contributed by atoms with Gasteiger partial charge < -0.3 is 30.5 Å². The number of benzene rings is 3. The Labute approximate surface area is 189 Å². The molecule has 0 bridgehead atoms. The smallest absolute Gasteiger partial charge is 0.159 e. The van der Waals surface area contributed by atoms with Gasteiger partial charge in [-0.2, -0.15) is 0 Å². The van der Waals surface area contributed by atoms with Gasteiger partial charge in [0.2, 0.25) is 0 Å². The van der Waals surface area contributed by atoms with Crippen LogP contribution in [0.1, 0.15) is 23.6 Å². The molecule has 5 N–H and O–H groups in total. The zero-order valence-electron chi connectivity index (χ0n) is 18.4. The second kappa shape index (κ2) is 6.87. The number of phenols is 5. The van der Waals surface area contributed by atoms with E-state index in [1.807, 2.05) is 54.9 Å². The van der Waals surface area contributed by atoms with Crippen molar-refractivity contribution in [2.45, 2.75) is 19.4 Å². The van der Waals surface area contributed by atoms with Gasteiger partial charge in [0.25, 0.3) is 0 Å². The Morgan fingerprint density at radius 1 is 0.788 bits per heavy atom. The molecular formula is C26H24N2O5. The summed E-state index contributed by atoms with van der Waals surface area (Å²) in [5.41, 5.74) is 2.33. The summed E-state index contributed by atoms with van der Waals surface area (Å²) in [5.74, 6) is -0.660. The Morgan fingerprint density at radius 2 is 1.48 bits per heavy atom. The normalized spacial score (nSPS) is 18.0. The summed E-state index contributed by atoms with van der Waals surface area (Å²) in [6, 6.07) is 13.2. The van der Waals surface area contributed by atoms with E-state index >= 15 is 0 Å². The van der Waals surface area contributed by atoms with E-state index in [2.05, 4.69) is 0 Å². The summed E-state index contributed by atoms with van der Waals surface area (Å²) in [5, 5.41) is 54.8. The lowest BCUT2D eigenvalue weighted by atomic mass is 9.91. The number of rotatable bonds is 2. The Kier molecular flexibility index (Phi) is 4.29. The summed E-state index contributed by atoms with van der Waals surface area (Å²) in [4.78, 5) is 0. The van der Waals surface area contributed by atoms with Gasteiger partial charge in [0.1, 0.15) is 5.75 Å². The number of aromatic nitrogens is 1. The maximum absolute atomic E-state index is 10.2. The molecule has 0 aliphatic carbocycles. The first-order valence-corrected chi connectivity index (χ1v) is 10.5. The minimum atomic E-state index is -0.680. The maximum atomic E-state index is 10.2. The molecule has 7 heteroatoms. The van der Waals surface area contributed by atoms with E-state index in [0.717, 1.165) is 32.6 Å². The summed E-state index contributed by atoms with van der Waals surface area (Å²) < 4.78 is 1.94. The number of aromatic hydroxyl groups is 5. The highest BCUT2D eigenvalue weighted by atomic mass is 16.3. The number of nitrogens with zero attached hydrogens (tertiary/aromatic N) is 2. The van der Waals surface area contributed by atoms with Gasteiger partial charge in [0.05, 0.1) is 16.4 Å². The molecule has 33 heavy (non-hydrogen) atoms. The lowest BCUT2D eigenvalue weighted by Crippen LogP contribution is -2.44. The monoisotopic (exact) mass is 444 g/mol. The van der Waals surface area contributed by atoms with E-state index in [-0.39, 0.29) is 28.7 Å². The van der Waals surface area contributed by atoms with Gasteiger partial charge in [0, 0.05) is 23.7 Å². The standard InChI is InChI=1S/C26H24N2O5/c1-14-4-5-15(9-22(14)30)8-17-18-11-24(32)25(33)12-19(18)28-20(17)13-26(2,27(28)3)16-6-7-21(29)23(31)10-16/h4-13,29-33H,1-3H3/b17-8-. The van der Waals surface area contributed by atoms with Gasteiger partial charge in [-0.05, 0) is 67.0 Å². The molecule has 0 radical (unpaired) electrons. The van der Waals surface area contributed by atoms with E-state index in [4.69, 9.17) is 0 Å². The average molecular weight is 444 g/mol. The van der Waals surface area contributed by atoms with Gasteiger partial charge in [-0.1, -0.05) is 18.2 Å².